The minimum Gasteiger partial charge on any atom is -0.375 e. The van der Waals surface area contributed by atoms with Gasteiger partial charge in [0.05, 0.1) is 40.1 Å². The Morgan fingerprint density at radius 3 is 2.36 bits per heavy atom. The molecule has 55 heavy (non-hydrogen) atoms. The van der Waals surface area contributed by atoms with Gasteiger partial charge in [0.25, 0.3) is 5.56 Å². The van der Waals surface area contributed by atoms with Gasteiger partial charge in [-0.25, -0.2) is 8.78 Å². The zero-order valence-corrected chi connectivity index (χ0v) is 32.9. The molecule has 2 atom stereocenters. The molecule has 5 aliphatic rings. The number of carbonyl (C=O) groups excluding carboxylic acids is 2. The number of benzene rings is 3. The van der Waals surface area contributed by atoms with E-state index in [9.17, 15) is 14.4 Å². The van der Waals surface area contributed by atoms with Crippen molar-refractivity contribution in [2.75, 3.05) is 44.2 Å². The molecule has 2 amide bonds. The van der Waals surface area contributed by atoms with Gasteiger partial charge >= 0.3 is 0 Å². The number of hydrogen-bond donors (Lipinski definition) is 1. The molecule has 3 aromatic carbocycles. The van der Waals surface area contributed by atoms with Crippen LogP contribution in [0.4, 0.5) is 14.5 Å². The van der Waals surface area contributed by atoms with Crippen molar-refractivity contribution in [1.29, 1.82) is 0 Å². The van der Waals surface area contributed by atoms with Crippen molar-refractivity contribution in [3.05, 3.63) is 97.5 Å². The Bertz CT molecular complexity index is 2240. The standard InChI is InChI=1S/C43H46BrF2N5O4/c1-42(2)30-8-6-27(20-35(30)51-34-5-3-4-31(44)38(34)40(54)48-41(42)51)26-11-16-49(17-12-26)23-25-10-13-43(55-24-25)14-18-50(19-15-43)28-21-32(45)37(33(46)22-28)29-7-9-36(52)47-39(29)53/h3-6,8,20-22,25-26,29H,7,9-19,23-24H2,1-2H3,(H,47,52,53)/t25-,29-/m0/s1. The van der Waals surface area contributed by atoms with Crippen molar-refractivity contribution in [3.63, 3.8) is 0 Å². The van der Waals surface area contributed by atoms with Crippen LogP contribution < -0.4 is 15.8 Å². The van der Waals surface area contributed by atoms with Crippen molar-refractivity contribution in [2.24, 2.45) is 5.92 Å². The minimum atomic E-state index is -1.00. The summed E-state index contributed by atoms with van der Waals surface area (Å²) in [6.07, 6.45) is 6.03. The second-order valence-electron chi connectivity index (χ2n) is 16.9. The number of anilines is 1. The highest BCUT2D eigenvalue weighted by atomic mass is 79.9. The number of fused-ring (bicyclic) bond motifs is 5. The second kappa shape index (κ2) is 13.9. The molecule has 0 unspecified atom stereocenters. The van der Waals surface area contributed by atoms with Gasteiger partial charge in [0.15, 0.2) is 0 Å². The predicted molar refractivity (Wildman–Crippen MR) is 210 cm³/mol. The molecule has 1 spiro atoms. The van der Waals surface area contributed by atoms with Crippen molar-refractivity contribution < 1.29 is 23.1 Å². The van der Waals surface area contributed by atoms with Crippen molar-refractivity contribution >= 4 is 44.3 Å². The molecular weight excluding hydrogens is 768 g/mol. The summed E-state index contributed by atoms with van der Waals surface area (Å²) in [4.78, 5) is 46.1. The number of amides is 2. The molecule has 0 saturated carbocycles. The van der Waals surface area contributed by atoms with Crippen molar-refractivity contribution in [1.82, 2.24) is 19.8 Å². The first-order valence-electron chi connectivity index (χ1n) is 19.7. The zero-order valence-electron chi connectivity index (χ0n) is 31.3. The van der Waals surface area contributed by atoms with Gasteiger partial charge in [-0.15, -0.1) is 0 Å². The molecule has 9 nitrogen and oxygen atoms in total. The van der Waals surface area contributed by atoms with Gasteiger partial charge in [-0.3, -0.25) is 24.3 Å². The summed E-state index contributed by atoms with van der Waals surface area (Å²) >= 11 is 3.59. The zero-order chi connectivity index (χ0) is 38.2. The number of aromatic nitrogens is 2. The smallest absolute Gasteiger partial charge is 0.281 e. The summed E-state index contributed by atoms with van der Waals surface area (Å²) < 4.78 is 40.0. The first kappa shape index (κ1) is 36.6. The van der Waals surface area contributed by atoms with Gasteiger partial charge in [-0.2, -0.15) is 4.98 Å². The van der Waals surface area contributed by atoms with E-state index in [1.807, 2.05) is 23.1 Å². The third kappa shape index (κ3) is 6.42. The van der Waals surface area contributed by atoms with Crippen molar-refractivity contribution in [2.45, 2.75) is 88.1 Å². The Kier molecular flexibility index (Phi) is 9.24. The molecule has 6 heterocycles. The molecule has 9 rings (SSSR count). The maximum atomic E-state index is 15.2. The van der Waals surface area contributed by atoms with Gasteiger partial charge in [0.2, 0.25) is 11.8 Å². The molecule has 12 heteroatoms. The summed E-state index contributed by atoms with van der Waals surface area (Å²) in [5.74, 6) is -1.82. The first-order chi connectivity index (χ1) is 26.4. The van der Waals surface area contributed by atoms with Crippen LogP contribution in [0.1, 0.15) is 99.6 Å². The maximum absolute atomic E-state index is 15.2. The van der Waals surface area contributed by atoms with Gasteiger partial charge in [-0.05, 0) is 141 Å². The molecule has 5 aliphatic heterocycles. The summed E-state index contributed by atoms with van der Waals surface area (Å²) in [6, 6.07) is 15.4. The highest BCUT2D eigenvalue weighted by molar-refractivity contribution is 9.10. The molecule has 1 aromatic heterocycles. The van der Waals surface area contributed by atoms with Crippen LogP contribution in [0.2, 0.25) is 0 Å². The van der Waals surface area contributed by atoms with Gasteiger partial charge < -0.3 is 14.5 Å². The Hall–Kier alpha value is -4.00. The molecule has 0 aliphatic carbocycles. The number of nitrogens with zero attached hydrogens (tertiary/aromatic N) is 4. The Balaban J connectivity index is 0.792. The van der Waals surface area contributed by atoms with Crippen LogP contribution in [0.5, 0.6) is 0 Å². The number of rotatable bonds is 5. The molecule has 4 aromatic rings. The number of ether oxygens (including phenoxy) is 1. The topological polar surface area (TPSA) is 96.8 Å². The summed E-state index contributed by atoms with van der Waals surface area (Å²) in [7, 11) is 0. The van der Waals surface area contributed by atoms with Crippen LogP contribution in [0, 0.1) is 17.6 Å². The molecule has 4 fully saturated rings. The second-order valence-corrected chi connectivity index (χ2v) is 17.8. The van der Waals surface area contributed by atoms with Crippen LogP contribution >= 0.6 is 15.9 Å². The molecule has 288 valence electrons. The lowest BCUT2D eigenvalue weighted by Crippen LogP contribution is -2.50. The number of nitrogens with one attached hydrogen (secondary N) is 1. The van der Waals surface area contributed by atoms with E-state index in [2.05, 4.69) is 67.7 Å². The third-order valence-corrected chi connectivity index (χ3v) is 13.9. The van der Waals surface area contributed by atoms with E-state index in [0.29, 0.717) is 36.0 Å². The number of imide groups is 1. The average Bonchev–Trinajstić information content (AvgIpc) is 3.39. The van der Waals surface area contributed by atoms with E-state index in [1.54, 1.807) is 0 Å². The van der Waals surface area contributed by atoms with E-state index in [1.165, 1.54) is 23.3 Å². The lowest BCUT2D eigenvalue weighted by atomic mass is 9.81. The number of carbonyl (C=O) groups is 2. The fraction of sp³-hybridized carbons (Fsp3) is 0.488. The average molecular weight is 815 g/mol. The monoisotopic (exact) mass is 813 g/mol. The maximum Gasteiger partial charge on any atom is 0.281 e. The van der Waals surface area contributed by atoms with E-state index >= 15 is 8.78 Å². The first-order valence-corrected chi connectivity index (χ1v) is 20.5. The third-order valence-electron chi connectivity index (χ3n) is 13.3. The van der Waals surface area contributed by atoms with E-state index in [0.717, 1.165) is 86.3 Å². The van der Waals surface area contributed by atoms with Crippen LogP contribution in [0.25, 0.3) is 16.6 Å². The lowest BCUT2D eigenvalue weighted by Gasteiger charge is -2.47. The highest BCUT2D eigenvalue weighted by Crippen LogP contribution is 2.45. The minimum absolute atomic E-state index is 0.0662. The van der Waals surface area contributed by atoms with E-state index in [4.69, 9.17) is 4.74 Å². The van der Waals surface area contributed by atoms with Gasteiger partial charge in [0, 0.05) is 41.8 Å². The highest BCUT2D eigenvalue weighted by Gasteiger charge is 2.42. The molecule has 0 bridgehead atoms. The molecule has 1 N–H and O–H groups in total. The van der Waals surface area contributed by atoms with Crippen LogP contribution in [-0.2, 0) is 19.7 Å². The van der Waals surface area contributed by atoms with Crippen LogP contribution in [0.3, 0.4) is 0 Å². The quantitative estimate of drug-likeness (QED) is 0.213. The summed E-state index contributed by atoms with van der Waals surface area (Å²) in [5, 5.41) is 2.81. The Morgan fingerprint density at radius 2 is 1.67 bits per heavy atom. The summed E-state index contributed by atoms with van der Waals surface area (Å²) in [6.45, 7) is 9.42. The van der Waals surface area contributed by atoms with Crippen LogP contribution in [-0.4, -0.2) is 71.2 Å². The normalized spacial score (nSPS) is 23.9. The Morgan fingerprint density at radius 1 is 0.927 bits per heavy atom. The SMILES string of the molecule is CC1(C)c2ccc(C3CCN(C[C@@H]4CCC5(CCN(c6cc(F)c([C@@H]7CCC(=O)NC7=O)c(F)c6)CC5)OC4)CC3)cc2-n2c1nc(=O)c1c(Br)cccc12. The number of halogens is 3. The lowest BCUT2D eigenvalue weighted by molar-refractivity contribution is -0.134. The van der Waals surface area contributed by atoms with E-state index in [-0.39, 0.29) is 35.0 Å². The Labute approximate surface area is 327 Å². The van der Waals surface area contributed by atoms with Crippen molar-refractivity contribution in [3.8, 4) is 5.69 Å². The largest absolute Gasteiger partial charge is 0.375 e. The van der Waals surface area contributed by atoms with Crippen LogP contribution in [0.15, 0.2) is 57.8 Å². The fourth-order valence-electron chi connectivity index (χ4n) is 10.0. The number of hydrogen-bond acceptors (Lipinski definition) is 7. The molecule has 4 saturated heterocycles. The number of likely N-dealkylation sites (tertiary alicyclic amines) is 1. The van der Waals surface area contributed by atoms with Gasteiger partial charge in [-0.1, -0.05) is 18.2 Å². The number of piperidine rings is 3. The predicted octanol–water partition coefficient (Wildman–Crippen LogP) is 7.23. The molecule has 0 radical (unpaired) electrons. The van der Waals surface area contributed by atoms with Gasteiger partial charge in [0.1, 0.15) is 17.5 Å². The fourth-order valence-corrected chi connectivity index (χ4v) is 10.5. The van der Waals surface area contributed by atoms with E-state index < -0.39 is 29.4 Å². The molecular formula is C43H46BrF2N5O4. The summed E-state index contributed by atoms with van der Waals surface area (Å²) in [5.41, 5.74) is 3.98.